The molecule has 0 atom stereocenters. The van der Waals surface area contributed by atoms with Crippen LogP contribution in [0.1, 0.15) is 31.7 Å². The van der Waals surface area contributed by atoms with Gasteiger partial charge in [0.05, 0.1) is 7.11 Å². The average molecular weight is 219 g/mol. The van der Waals surface area contributed by atoms with Crippen LogP contribution in [0.15, 0.2) is 30.4 Å². The lowest BCUT2D eigenvalue weighted by Crippen LogP contribution is -1.95. The fourth-order valence-corrected chi connectivity index (χ4v) is 1.74. The molecule has 0 aromatic heterocycles. The SMILES string of the molecule is C/C=C\CCCCc1cc(N)ccc1OC. The molecule has 0 aliphatic rings. The van der Waals surface area contributed by atoms with Gasteiger partial charge in [-0.2, -0.15) is 0 Å². The molecule has 0 unspecified atom stereocenters. The molecule has 0 amide bonds. The van der Waals surface area contributed by atoms with Gasteiger partial charge in [-0.1, -0.05) is 12.2 Å². The fourth-order valence-electron chi connectivity index (χ4n) is 1.74. The van der Waals surface area contributed by atoms with Crippen LogP contribution >= 0.6 is 0 Å². The van der Waals surface area contributed by atoms with E-state index >= 15 is 0 Å². The Kier molecular flexibility index (Phi) is 5.48. The lowest BCUT2D eigenvalue weighted by atomic mass is 10.1. The van der Waals surface area contributed by atoms with Crippen LogP contribution in [0.3, 0.4) is 0 Å². The number of allylic oxidation sites excluding steroid dienone is 2. The molecular formula is C14H21NO. The maximum Gasteiger partial charge on any atom is 0.122 e. The van der Waals surface area contributed by atoms with Crippen LogP contribution in [-0.2, 0) is 6.42 Å². The van der Waals surface area contributed by atoms with E-state index < -0.39 is 0 Å². The second-order valence-corrected chi connectivity index (χ2v) is 3.89. The van der Waals surface area contributed by atoms with E-state index in [9.17, 15) is 0 Å². The van der Waals surface area contributed by atoms with Gasteiger partial charge in [0.2, 0.25) is 0 Å². The van der Waals surface area contributed by atoms with Crippen molar-refractivity contribution in [1.29, 1.82) is 0 Å². The topological polar surface area (TPSA) is 35.2 Å². The van der Waals surface area contributed by atoms with E-state index in [-0.39, 0.29) is 0 Å². The van der Waals surface area contributed by atoms with Gasteiger partial charge in [-0.05, 0) is 56.4 Å². The predicted octanol–water partition coefficient (Wildman–Crippen LogP) is 3.57. The second kappa shape index (κ2) is 6.94. The molecule has 0 saturated heterocycles. The molecule has 0 fully saturated rings. The third-order valence-corrected chi connectivity index (χ3v) is 2.61. The van der Waals surface area contributed by atoms with Gasteiger partial charge >= 0.3 is 0 Å². The number of methoxy groups -OCH3 is 1. The Bertz CT molecular complexity index is 345. The molecular weight excluding hydrogens is 198 g/mol. The fraction of sp³-hybridized carbons (Fsp3) is 0.429. The zero-order chi connectivity index (χ0) is 11.8. The molecule has 1 aromatic rings. The molecule has 2 nitrogen and oxygen atoms in total. The summed E-state index contributed by atoms with van der Waals surface area (Å²) in [5.41, 5.74) is 7.79. The van der Waals surface area contributed by atoms with Gasteiger partial charge in [-0.15, -0.1) is 0 Å². The van der Waals surface area contributed by atoms with Crippen molar-refractivity contribution >= 4 is 5.69 Å². The van der Waals surface area contributed by atoms with Crippen molar-refractivity contribution in [3.63, 3.8) is 0 Å². The first-order chi connectivity index (χ1) is 7.77. The average Bonchev–Trinajstić information content (AvgIpc) is 2.29. The number of anilines is 1. The van der Waals surface area contributed by atoms with Gasteiger partial charge in [0.1, 0.15) is 5.75 Å². The zero-order valence-electron chi connectivity index (χ0n) is 10.2. The second-order valence-electron chi connectivity index (χ2n) is 3.89. The van der Waals surface area contributed by atoms with Crippen molar-refractivity contribution in [3.05, 3.63) is 35.9 Å². The van der Waals surface area contributed by atoms with Crippen LogP contribution in [0, 0.1) is 0 Å². The molecule has 88 valence electrons. The van der Waals surface area contributed by atoms with Crippen LogP contribution in [0.4, 0.5) is 5.69 Å². The summed E-state index contributed by atoms with van der Waals surface area (Å²) in [6.07, 6.45) is 8.87. The summed E-state index contributed by atoms with van der Waals surface area (Å²) in [7, 11) is 1.70. The molecule has 2 heteroatoms. The largest absolute Gasteiger partial charge is 0.496 e. The Labute approximate surface area is 98.1 Å². The minimum atomic E-state index is 0.809. The van der Waals surface area contributed by atoms with Crippen molar-refractivity contribution in [2.75, 3.05) is 12.8 Å². The van der Waals surface area contributed by atoms with Gasteiger partial charge in [0.25, 0.3) is 0 Å². The summed E-state index contributed by atoms with van der Waals surface area (Å²) in [5, 5.41) is 0. The van der Waals surface area contributed by atoms with E-state index in [1.807, 2.05) is 18.2 Å². The van der Waals surface area contributed by atoms with E-state index in [2.05, 4.69) is 19.1 Å². The Morgan fingerprint density at radius 2 is 2.12 bits per heavy atom. The molecule has 0 saturated carbocycles. The Hall–Kier alpha value is -1.44. The number of aryl methyl sites for hydroxylation is 1. The number of rotatable bonds is 6. The maximum atomic E-state index is 5.77. The molecule has 16 heavy (non-hydrogen) atoms. The standard InChI is InChI=1S/C14H21NO/c1-3-4-5-6-7-8-12-11-13(15)9-10-14(12)16-2/h3-4,9-11H,5-8,15H2,1-2H3/b4-3-. The van der Waals surface area contributed by atoms with E-state index in [1.165, 1.54) is 18.4 Å². The number of hydrogen-bond acceptors (Lipinski definition) is 2. The molecule has 0 radical (unpaired) electrons. The molecule has 0 bridgehead atoms. The summed E-state index contributed by atoms with van der Waals surface area (Å²) in [4.78, 5) is 0. The lowest BCUT2D eigenvalue weighted by molar-refractivity contribution is 0.409. The third-order valence-electron chi connectivity index (χ3n) is 2.61. The first-order valence-corrected chi connectivity index (χ1v) is 5.81. The van der Waals surface area contributed by atoms with Crippen molar-refractivity contribution in [3.8, 4) is 5.75 Å². The predicted molar refractivity (Wildman–Crippen MR) is 69.8 cm³/mol. The molecule has 0 spiro atoms. The highest BCUT2D eigenvalue weighted by Gasteiger charge is 2.02. The zero-order valence-corrected chi connectivity index (χ0v) is 10.2. The van der Waals surface area contributed by atoms with Crippen LogP contribution in [0.2, 0.25) is 0 Å². The molecule has 0 aliphatic heterocycles. The van der Waals surface area contributed by atoms with Crippen molar-refractivity contribution in [2.45, 2.75) is 32.6 Å². The van der Waals surface area contributed by atoms with E-state index in [4.69, 9.17) is 10.5 Å². The molecule has 1 rings (SSSR count). The summed E-state index contributed by atoms with van der Waals surface area (Å²) < 4.78 is 5.31. The summed E-state index contributed by atoms with van der Waals surface area (Å²) >= 11 is 0. The lowest BCUT2D eigenvalue weighted by Gasteiger charge is -2.08. The normalized spacial score (nSPS) is 10.9. The molecule has 1 aromatic carbocycles. The minimum Gasteiger partial charge on any atom is -0.496 e. The smallest absolute Gasteiger partial charge is 0.122 e. The molecule has 0 aliphatic carbocycles. The number of nitrogen functional groups attached to an aromatic ring is 1. The summed E-state index contributed by atoms with van der Waals surface area (Å²) in [6.45, 7) is 2.06. The van der Waals surface area contributed by atoms with Crippen molar-refractivity contribution in [2.24, 2.45) is 0 Å². The first-order valence-electron chi connectivity index (χ1n) is 5.81. The highest BCUT2D eigenvalue weighted by molar-refractivity contribution is 5.47. The first kappa shape index (κ1) is 12.6. The number of unbranched alkanes of at least 4 members (excludes halogenated alkanes) is 2. The monoisotopic (exact) mass is 219 g/mol. The quantitative estimate of drug-likeness (QED) is 0.451. The third kappa shape index (κ3) is 3.97. The van der Waals surface area contributed by atoms with Crippen LogP contribution in [0.25, 0.3) is 0 Å². The molecule has 2 N–H and O–H groups in total. The van der Waals surface area contributed by atoms with Crippen LogP contribution < -0.4 is 10.5 Å². The summed E-state index contributed by atoms with van der Waals surface area (Å²) in [5.74, 6) is 0.945. The number of hydrogen-bond donors (Lipinski definition) is 1. The highest BCUT2D eigenvalue weighted by Crippen LogP contribution is 2.23. The van der Waals surface area contributed by atoms with E-state index in [0.29, 0.717) is 0 Å². The van der Waals surface area contributed by atoms with E-state index in [0.717, 1.165) is 24.3 Å². The van der Waals surface area contributed by atoms with Crippen molar-refractivity contribution < 1.29 is 4.74 Å². The number of ether oxygens (including phenoxy) is 1. The minimum absolute atomic E-state index is 0.809. The van der Waals surface area contributed by atoms with Gasteiger partial charge in [0.15, 0.2) is 0 Å². The maximum absolute atomic E-state index is 5.77. The number of nitrogens with two attached hydrogens (primary N) is 1. The van der Waals surface area contributed by atoms with Crippen LogP contribution in [-0.4, -0.2) is 7.11 Å². The Morgan fingerprint density at radius 3 is 2.81 bits per heavy atom. The number of benzene rings is 1. The van der Waals surface area contributed by atoms with Gasteiger partial charge < -0.3 is 10.5 Å². The van der Waals surface area contributed by atoms with Gasteiger partial charge in [0, 0.05) is 5.69 Å². The highest BCUT2D eigenvalue weighted by atomic mass is 16.5. The Balaban J connectivity index is 2.48. The van der Waals surface area contributed by atoms with Crippen molar-refractivity contribution in [1.82, 2.24) is 0 Å². The van der Waals surface area contributed by atoms with Gasteiger partial charge in [-0.3, -0.25) is 0 Å². The van der Waals surface area contributed by atoms with Gasteiger partial charge in [-0.25, -0.2) is 0 Å². The summed E-state index contributed by atoms with van der Waals surface area (Å²) in [6, 6.07) is 5.83. The Morgan fingerprint density at radius 1 is 1.31 bits per heavy atom. The van der Waals surface area contributed by atoms with E-state index in [1.54, 1.807) is 7.11 Å². The van der Waals surface area contributed by atoms with Crippen LogP contribution in [0.5, 0.6) is 5.75 Å². The molecule has 0 heterocycles.